The van der Waals surface area contributed by atoms with Crippen molar-refractivity contribution in [1.29, 1.82) is 5.26 Å². The molecule has 0 radical (unpaired) electrons. The Morgan fingerprint density at radius 2 is 1.59 bits per heavy atom. The second kappa shape index (κ2) is 7.16. The van der Waals surface area contributed by atoms with Crippen LogP contribution >= 0.6 is 11.6 Å². The maximum atomic E-state index is 12.1. The Morgan fingerprint density at radius 1 is 1.00 bits per heavy atom. The van der Waals surface area contributed by atoms with Crippen molar-refractivity contribution in [3.63, 3.8) is 0 Å². The minimum atomic E-state index is -0.576. The van der Waals surface area contributed by atoms with Crippen LogP contribution in [0.4, 0.5) is 11.4 Å². The molecule has 0 saturated carbocycles. The molecule has 6 heteroatoms. The standard InChI is InChI=1S/C16H13ClN4O/c17-11-6-8-13(9-7-11)20-15(19)14(10-18)16(22)21-12-4-2-1-3-5-12/h1-9,20H,19H2,(H,21,22). The Hall–Kier alpha value is -2.97. The van der Waals surface area contributed by atoms with Gasteiger partial charge in [-0.15, -0.1) is 0 Å². The third kappa shape index (κ3) is 4.01. The maximum absolute atomic E-state index is 12.1. The van der Waals surface area contributed by atoms with Crippen LogP contribution in [0.5, 0.6) is 0 Å². The number of anilines is 2. The molecule has 5 nitrogen and oxygen atoms in total. The molecule has 2 rings (SSSR count). The van der Waals surface area contributed by atoms with Crippen molar-refractivity contribution in [2.75, 3.05) is 10.6 Å². The van der Waals surface area contributed by atoms with E-state index >= 15 is 0 Å². The van der Waals surface area contributed by atoms with Gasteiger partial charge in [0.25, 0.3) is 5.91 Å². The van der Waals surface area contributed by atoms with Crippen LogP contribution in [0.3, 0.4) is 0 Å². The van der Waals surface area contributed by atoms with E-state index in [2.05, 4.69) is 10.6 Å². The van der Waals surface area contributed by atoms with Gasteiger partial charge in [-0.3, -0.25) is 4.79 Å². The highest BCUT2D eigenvalue weighted by Gasteiger charge is 2.14. The van der Waals surface area contributed by atoms with Crippen LogP contribution < -0.4 is 16.4 Å². The zero-order valence-electron chi connectivity index (χ0n) is 11.5. The number of hydrogen-bond donors (Lipinski definition) is 3. The van der Waals surface area contributed by atoms with Crippen molar-refractivity contribution >= 4 is 28.9 Å². The smallest absolute Gasteiger partial charge is 0.270 e. The minimum Gasteiger partial charge on any atom is -0.384 e. The number of nitrogens with one attached hydrogen (secondary N) is 2. The van der Waals surface area contributed by atoms with E-state index < -0.39 is 5.91 Å². The first kappa shape index (κ1) is 15.4. The van der Waals surface area contributed by atoms with Crippen molar-refractivity contribution in [1.82, 2.24) is 0 Å². The third-order valence-corrected chi connectivity index (χ3v) is 3.02. The lowest BCUT2D eigenvalue weighted by molar-refractivity contribution is -0.112. The highest BCUT2D eigenvalue weighted by molar-refractivity contribution is 6.30. The zero-order valence-corrected chi connectivity index (χ0v) is 12.3. The molecule has 22 heavy (non-hydrogen) atoms. The minimum absolute atomic E-state index is 0.0294. The van der Waals surface area contributed by atoms with E-state index in [9.17, 15) is 4.79 Å². The lowest BCUT2D eigenvalue weighted by Crippen LogP contribution is -2.21. The number of carbonyl (C=O) groups is 1. The Morgan fingerprint density at radius 3 is 2.18 bits per heavy atom. The molecule has 4 N–H and O–H groups in total. The van der Waals surface area contributed by atoms with Gasteiger partial charge < -0.3 is 16.4 Å². The molecule has 0 saturated heterocycles. The van der Waals surface area contributed by atoms with Gasteiger partial charge in [0.2, 0.25) is 0 Å². The number of amides is 1. The molecule has 0 unspecified atom stereocenters. The predicted octanol–water partition coefficient (Wildman–Crippen LogP) is 3.08. The SMILES string of the molecule is N#CC(C(=O)Nc1ccccc1)=C(N)Nc1ccc(Cl)cc1. The van der Waals surface area contributed by atoms with E-state index in [1.165, 1.54) is 0 Å². The first-order valence-electron chi connectivity index (χ1n) is 6.39. The summed E-state index contributed by atoms with van der Waals surface area (Å²) in [6.45, 7) is 0. The van der Waals surface area contributed by atoms with Crippen molar-refractivity contribution in [2.45, 2.75) is 0 Å². The number of nitrogens with zero attached hydrogens (tertiary/aromatic N) is 1. The van der Waals surface area contributed by atoms with Crippen molar-refractivity contribution < 1.29 is 4.79 Å². The van der Waals surface area contributed by atoms with Crippen LogP contribution in [-0.4, -0.2) is 5.91 Å². The Balaban J connectivity index is 2.16. The number of nitrogens with two attached hydrogens (primary N) is 1. The number of rotatable bonds is 4. The van der Waals surface area contributed by atoms with Crippen LogP contribution in [0, 0.1) is 11.3 Å². The largest absolute Gasteiger partial charge is 0.384 e. The van der Waals surface area contributed by atoms with Crippen LogP contribution in [0.15, 0.2) is 66.0 Å². The molecule has 110 valence electrons. The summed E-state index contributed by atoms with van der Waals surface area (Å²) in [4.78, 5) is 12.1. The molecule has 2 aromatic carbocycles. The molecule has 0 spiro atoms. The number of halogens is 1. The molecule has 1 amide bonds. The Bertz CT molecular complexity index is 733. The van der Waals surface area contributed by atoms with Gasteiger partial charge in [-0.05, 0) is 36.4 Å². The van der Waals surface area contributed by atoms with Crippen molar-refractivity contribution in [3.8, 4) is 6.07 Å². The van der Waals surface area contributed by atoms with Gasteiger partial charge in [0.1, 0.15) is 11.9 Å². The average Bonchev–Trinajstić information content (AvgIpc) is 2.51. The zero-order chi connectivity index (χ0) is 15.9. The quantitative estimate of drug-likeness (QED) is 0.597. The number of nitriles is 1. The van der Waals surface area contributed by atoms with Gasteiger partial charge in [0, 0.05) is 16.4 Å². The summed E-state index contributed by atoms with van der Waals surface area (Å²) in [6.07, 6.45) is 0. The molecule has 0 heterocycles. The van der Waals surface area contributed by atoms with Gasteiger partial charge in [0.05, 0.1) is 0 Å². The van der Waals surface area contributed by atoms with Crippen LogP contribution in [-0.2, 0) is 4.79 Å². The van der Waals surface area contributed by atoms with Gasteiger partial charge in [-0.25, -0.2) is 0 Å². The second-order valence-corrected chi connectivity index (χ2v) is 4.79. The number of benzene rings is 2. The first-order chi connectivity index (χ1) is 10.6. The lowest BCUT2D eigenvalue weighted by Gasteiger charge is -2.09. The fourth-order valence-corrected chi connectivity index (χ4v) is 1.83. The van der Waals surface area contributed by atoms with Gasteiger partial charge in [-0.1, -0.05) is 29.8 Å². The van der Waals surface area contributed by atoms with E-state index in [-0.39, 0.29) is 11.4 Å². The van der Waals surface area contributed by atoms with Crippen LogP contribution in [0.1, 0.15) is 0 Å². The summed E-state index contributed by atoms with van der Waals surface area (Å²) in [5, 5.41) is 15.1. The van der Waals surface area contributed by atoms with Gasteiger partial charge in [-0.2, -0.15) is 5.26 Å². The normalized spacial score (nSPS) is 11.1. The summed E-state index contributed by atoms with van der Waals surface area (Å²) < 4.78 is 0. The number of para-hydroxylation sites is 1. The molecule has 0 aliphatic rings. The predicted molar refractivity (Wildman–Crippen MR) is 87.0 cm³/mol. The molecule has 0 aliphatic carbocycles. The summed E-state index contributed by atoms with van der Waals surface area (Å²) in [7, 11) is 0. The molecule has 0 bridgehead atoms. The monoisotopic (exact) mass is 312 g/mol. The number of carbonyl (C=O) groups excluding carboxylic acids is 1. The molecular weight excluding hydrogens is 300 g/mol. The fourth-order valence-electron chi connectivity index (χ4n) is 1.70. The van der Waals surface area contributed by atoms with E-state index in [0.29, 0.717) is 16.4 Å². The maximum Gasteiger partial charge on any atom is 0.270 e. The molecule has 0 aromatic heterocycles. The molecular formula is C16H13ClN4O. The highest BCUT2D eigenvalue weighted by Crippen LogP contribution is 2.15. The van der Waals surface area contributed by atoms with Gasteiger partial charge >= 0.3 is 0 Å². The van der Waals surface area contributed by atoms with Gasteiger partial charge in [0.15, 0.2) is 5.57 Å². The number of hydrogen-bond acceptors (Lipinski definition) is 4. The summed E-state index contributed by atoms with van der Waals surface area (Å²) in [5.74, 6) is -0.606. The van der Waals surface area contributed by atoms with E-state index in [1.807, 2.05) is 12.1 Å². The molecule has 0 aliphatic heterocycles. The second-order valence-electron chi connectivity index (χ2n) is 4.35. The van der Waals surface area contributed by atoms with Crippen LogP contribution in [0.25, 0.3) is 0 Å². The van der Waals surface area contributed by atoms with Crippen LogP contribution in [0.2, 0.25) is 5.02 Å². The summed E-state index contributed by atoms with van der Waals surface area (Å²) in [5.41, 5.74) is 6.82. The van der Waals surface area contributed by atoms with E-state index in [1.54, 1.807) is 48.5 Å². The Labute approximate surface area is 133 Å². The lowest BCUT2D eigenvalue weighted by atomic mass is 10.2. The highest BCUT2D eigenvalue weighted by atomic mass is 35.5. The molecule has 0 fully saturated rings. The van der Waals surface area contributed by atoms with E-state index in [4.69, 9.17) is 22.6 Å². The topological polar surface area (TPSA) is 90.9 Å². The molecule has 2 aromatic rings. The first-order valence-corrected chi connectivity index (χ1v) is 6.77. The van der Waals surface area contributed by atoms with Crippen molar-refractivity contribution in [3.05, 3.63) is 71.0 Å². The third-order valence-electron chi connectivity index (χ3n) is 2.76. The average molecular weight is 313 g/mol. The summed E-state index contributed by atoms with van der Waals surface area (Å²) in [6, 6.07) is 17.4. The van der Waals surface area contributed by atoms with Crippen molar-refractivity contribution in [2.24, 2.45) is 5.73 Å². The van der Waals surface area contributed by atoms with E-state index in [0.717, 1.165) is 0 Å². The Kier molecular flexibility index (Phi) is 5.02. The summed E-state index contributed by atoms with van der Waals surface area (Å²) >= 11 is 5.79. The fraction of sp³-hybridized carbons (Fsp3) is 0. The molecule has 0 atom stereocenters.